The van der Waals surface area contributed by atoms with Crippen molar-refractivity contribution in [3.63, 3.8) is 0 Å². The lowest BCUT2D eigenvalue weighted by atomic mass is 10.3. The number of carbonyl (C=O) groups is 1. The predicted molar refractivity (Wildman–Crippen MR) is 40.0 cm³/mol. The Labute approximate surface area is 73.9 Å². The lowest BCUT2D eigenvalue weighted by molar-refractivity contribution is -0.144. The first-order valence-corrected chi connectivity index (χ1v) is 3.83. The molecule has 0 unspecified atom stereocenters. The summed E-state index contributed by atoms with van der Waals surface area (Å²) in [5.41, 5.74) is 0. The standard InChI is InChI=1S/C7H12F3NO2/c1-5(12)4-11-6(13)2-3-7(8,9)10/h5,12H,2-4H2,1H3,(H,11,13)/t5-/m0/s1. The van der Waals surface area contributed by atoms with Gasteiger partial charge in [-0.15, -0.1) is 0 Å². The minimum absolute atomic E-state index is 0.0172. The van der Waals surface area contributed by atoms with Crippen molar-refractivity contribution >= 4 is 5.91 Å². The fourth-order valence-corrected chi connectivity index (χ4v) is 0.605. The van der Waals surface area contributed by atoms with Crippen molar-refractivity contribution in [1.29, 1.82) is 0 Å². The van der Waals surface area contributed by atoms with E-state index in [-0.39, 0.29) is 6.54 Å². The molecule has 0 aliphatic rings. The van der Waals surface area contributed by atoms with E-state index in [0.29, 0.717) is 0 Å². The molecule has 6 heteroatoms. The van der Waals surface area contributed by atoms with E-state index in [2.05, 4.69) is 5.32 Å². The first kappa shape index (κ1) is 12.2. The third kappa shape index (κ3) is 9.13. The molecule has 0 saturated heterocycles. The highest BCUT2D eigenvalue weighted by Gasteiger charge is 2.27. The summed E-state index contributed by atoms with van der Waals surface area (Å²) in [6, 6.07) is 0. The molecule has 78 valence electrons. The molecule has 0 spiro atoms. The van der Waals surface area contributed by atoms with E-state index in [1.807, 2.05) is 0 Å². The van der Waals surface area contributed by atoms with Crippen LogP contribution < -0.4 is 5.32 Å². The minimum atomic E-state index is -4.30. The zero-order valence-electron chi connectivity index (χ0n) is 7.19. The molecule has 2 N–H and O–H groups in total. The Bertz CT molecular complexity index is 168. The van der Waals surface area contributed by atoms with Crippen molar-refractivity contribution in [3.8, 4) is 0 Å². The Balaban J connectivity index is 3.53. The summed E-state index contributed by atoms with van der Waals surface area (Å²) in [6.07, 6.45) is -6.76. The SMILES string of the molecule is C[C@H](O)CNC(=O)CCC(F)(F)F. The molecular formula is C7H12F3NO2. The molecule has 0 aromatic rings. The number of nitrogens with one attached hydrogen (secondary N) is 1. The molecule has 0 radical (unpaired) electrons. The number of alkyl halides is 3. The molecule has 0 heterocycles. The molecule has 0 saturated carbocycles. The zero-order valence-corrected chi connectivity index (χ0v) is 7.19. The van der Waals surface area contributed by atoms with Crippen LogP contribution in [0.3, 0.4) is 0 Å². The van der Waals surface area contributed by atoms with Crippen molar-refractivity contribution in [1.82, 2.24) is 5.32 Å². The van der Waals surface area contributed by atoms with Crippen LogP contribution in [0.25, 0.3) is 0 Å². The molecule has 0 aromatic heterocycles. The van der Waals surface area contributed by atoms with Crippen molar-refractivity contribution in [3.05, 3.63) is 0 Å². The highest BCUT2D eigenvalue weighted by molar-refractivity contribution is 5.75. The maximum Gasteiger partial charge on any atom is 0.389 e. The monoisotopic (exact) mass is 199 g/mol. The zero-order chi connectivity index (χ0) is 10.5. The predicted octanol–water partition coefficient (Wildman–Crippen LogP) is 0.826. The van der Waals surface area contributed by atoms with E-state index in [4.69, 9.17) is 5.11 Å². The maximum atomic E-state index is 11.6. The molecule has 0 aliphatic heterocycles. The van der Waals surface area contributed by atoms with Gasteiger partial charge < -0.3 is 10.4 Å². The highest BCUT2D eigenvalue weighted by Crippen LogP contribution is 2.20. The summed E-state index contributed by atoms with van der Waals surface area (Å²) in [5, 5.41) is 10.9. The number of aliphatic hydroxyl groups is 1. The van der Waals surface area contributed by atoms with Crippen LogP contribution in [0, 0.1) is 0 Å². The van der Waals surface area contributed by atoms with Gasteiger partial charge in [-0.3, -0.25) is 4.79 Å². The van der Waals surface area contributed by atoms with Gasteiger partial charge in [0.15, 0.2) is 0 Å². The first-order chi connectivity index (χ1) is 5.81. The fourth-order valence-electron chi connectivity index (χ4n) is 0.605. The number of hydrogen-bond acceptors (Lipinski definition) is 2. The van der Waals surface area contributed by atoms with E-state index in [1.165, 1.54) is 6.92 Å². The second-order valence-electron chi connectivity index (χ2n) is 2.77. The second kappa shape index (κ2) is 5.06. The number of halogens is 3. The summed E-state index contributed by atoms with van der Waals surface area (Å²) < 4.78 is 34.8. The summed E-state index contributed by atoms with van der Waals surface area (Å²) in [7, 11) is 0. The molecule has 0 bridgehead atoms. The Hall–Kier alpha value is -0.780. The van der Waals surface area contributed by atoms with E-state index in [9.17, 15) is 18.0 Å². The average Bonchev–Trinajstić information content (AvgIpc) is 1.95. The van der Waals surface area contributed by atoms with Gasteiger partial charge in [-0.1, -0.05) is 0 Å². The molecular weight excluding hydrogens is 187 g/mol. The second-order valence-corrected chi connectivity index (χ2v) is 2.77. The summed E-state index contributed by atoms with van der Waals surface area (Å²) in [6.45, 7) is 1.42. The lowest BCUT2D eigenvalue weighted by Crippen LogP contribution is -2.31. The molecule has 0 rings (SSSR count). The minimum Gasteiger partial charge on any atom is -0.392 e. The quantitative estimate of drug-likeness (QED) is 0.704. The van der Waals surface area contributed by atoms with Crippen molar-refractivity contribution in [2.75, 3.05) is 6.54 Å². The van der Waals surface area contributed by atoms with Crippen LogP contribution in [0.4, 0.5) is 13.2 Å². The molecule has 3 nitrogen and oxygen atoms in total. The third-order valence-corrected chi connectivity index (χ3v) is 1.23. The van der Waals surface area contributed by atoms with Gasteiger partial charge in [0.25, 0.3) is 0 Å². The topological polar surface area (TPSA) is 49.3 Å². The van der Waals surface area contributed by atoms with Gasteiger partial charge in [-0.05, 0) is 6.92 Å². The van der Waals surface area contributed by atoms with Crippen molar-refractivity contribution in [2.45, 2.75) is 32.0 Å². The average molecular weight is 199 g/mol. The number of amides is 1. The molecule has 1 amide bonds. The maximum absolute atomic E-state index is 11.6. The first-order valence-electron chi connectivity index (χ1n) is 3.83. The number of hydrogen-bond donors (Lipinski definition) is 2. The summed E-state index contributed by atoms with van der Waals surface area (Å²) in [5.74, 6) is -0.696. The number of carbonyl (C=O) groups excluding carboxylic acids is 1. The Kier molecular flexibility index (Phi) is 4.76. The molecule has 1 atom stereocenters. The van der Waals surface area contributed by atoms with Crippen LogP contribution in [0.1, 0.15) is 19.8 Å². The molecule has 0 fully saturated rings. The van der Waals surface area contributed by atoms with Crippen LogP contribution in [-0.2, 0) is 4.79 Å². The van der Waals surface area contributed by atoms with Crippen LogP contribution in [0.15, 0.2) is 0 Å². The van der Waals surface area contributed by atoms with Crippen molar-refractivity contribution in [2.24, 2.45) is 0 Å². The fraction of sp³-hybridized carbons (Fsp3) is 0.857. The smallest absolute Gasteiger partial charge is 0.389 e. The van der Waals surface area contributed by atoms with Crippen LogP contribution in [0.2, 0.25) is 0 Å². The van der Waals surface area contributed by atoms with Gasteiger partial charge >= 0.3 is 6.18 Å². The van der Waals surface area contributed by atoms with Gasteiger partial charge in [-0.25, -0.2) is 0 Å². The normalized spacial score (nSPS) is 13.9. The molecule has 0 aliphatic carbocycles. The van der Waals surface area contributed by atoms with E-state index in [1.54, 1.807) is 0 Å². The van der Waals surface area contributed by atoms with Crippen LogP contribution >= 0.6 is 0 Å². The highest BCUT2D eigenvalue weighted by atomic mass is 19.4. The Morgan fingerprint density at radius 3 is 2.46 bits per heavy atom. The third-order valence-electron chi connectivity index (χ3n) is 1.23. The summed E-state index contributed by atoms with van der Waals surface area (Å²) in [4.78, 5) is 10.7. The van der Waals surface area contributed by atoms with E-state index >= 15 is 0 Å². The number of rotatable bonds is 4. The Morgan fingerprint density at radius 2 is 2.08 bits per heavy atom. The van der Waals surface area contributed by atoms with Gasteiger partial charge in [0.05, 0.1) is 12.5 Å². The number of aliphatic hydroxyl groups excluding tert-OH is 1. The summed E-state index contributed by atoms with van der Waals surface area (Å²) >= 11 is 0. The largest absolute Gasteiger partial charge is 0.392 e. The van der Waals surface area contributed by atoms with Gasteiger partial charge in [0, 0.05) is 13.0 Å². The van der Waals surface area contributed by atoms with Crippen LogP contribution in [0.5, 0.6) is 0 Å². The van der Waals surface area contributed by atoms with Crippen molar-refractivity contribution < 1.29 is 23.1 Å². The Morgan fingerprint density at radius 1 is 1.54 bits per heavy atom. The lowest BCUT2D eigenvalue weighted by Gasteiger charge is -2.08. The van der Waals surface area contributed by atoms with Gasteiger partial charge in [-0.2, -0.15) is 13.2 Å². The molecule has 0 aromatic carbocycles. The van der Waals surface area contributed by atoms with E-state index in [0.717, 1.165) is 0 Å². The van der Waals surface area contributed by atoms with E-state index < -0.39 is 31.0 Å². The van der Waals surface area contributed by atoms with Crippen LogP contribution in [-0.4, -0.2) is 29.8 Å². The van der Waals surface area contributed by atoms with Gasteiger partial charge in [0.2, 0.25) is 5.91 Å². The molecule has 13 heavy (non-hydrogen) atoms. The van der Waals surface area contributed by atoms with Gasteiger partial charge in [0.1, 0.15) is 0 Å².